The molecule has 0 aromatic heterocycles. The first-order chi connectivity index (χ1) is 6.16. The summed E-state index contributed by atoms with van der Waals surface area (Å²) in [5.74, 6) is 0.328. The highest BCUT2D eigenvalue weighted by Gasteiger charge is 2.39. The average Bonchev–Trinajstić information content (AvgIpc) is 2.64. The number of fused-ring (bicyclic) bond motifs is 2. The van der Waals surface area contributed by atoms with E-state index < -0.39 is 0 Å². The highest BCUT2D eigenvalue weighted by molar-refractivity contribution is 7.80. The van der Waals surface area contributed by atoms with Crippen LogP contribution in [0.4, 0.5) is 0 Å². The number of thiocarbonyl (C=S) groups is 1. The fourth-order valence-electron chi connectivity index (χ4n) is 2.14. The molecular formula is C9H16N2OS. The molecule has 0 saturated carbocycles. The Bertz CT molecular complexity index is 222. The number of ether oxygens (including phenoxy) is 1. The van der Waals surface area contributed by atoms with Crippen LogP contribution < -0.4 is 5.73 Å². The van der Waals surface area contributed by atoms with E-state index in [1.165, 1.54) is 6.42 Å². The summed E-state index contributed by atoms with van der Waals surface area (Å²) in [4.78, 5) is 3.08. The van der Waals surface area contributed by atoms with Crippen molar-refractivity contribution in [2.75, 3.05) is 19.7 Å². The Morgan fingerprint density at radius 1 is 1.77 bits per heavy atom. The third-order valence-corrected chi connectivity index (χ3v) is 3.41. The molecule has 4 heteroatoms. The van der Waals surface area contributed by atoms with E-state index in [0.29, 0.717) is 23.1 Å². The van der Waals surface area contributed by atoms with Gasteiger partial charge >= 0.3 is 0 Å². The minimum Gasteiger partial charge on any atom is -0.393 e. The van der Waals surface area contributed by atoms with Crippen LogP contribution in [0.5, 0.6) is 0 Å². The summed E-state index contributed by atoms with van der Waals surface area (Å²) in [6, 6.07) is 0.627. The van der Waals surface area contributed by atoms with Crippen LogP contribution in [0.2, 0.25) is 0 Å². The lowest BCUT2D eigenvalue weighted by molar-refractivity contribution is 0.0283. The number of hydrogen-bond donors (Lipinski definition) is 1. The van der Waals surface area contributed by atoms with Crippen molar-refractivity contribution in [2.45, 2.75) is 25.5 Å². The molecule has 3 unspecified atom stereocenters. The van der Waals surface area contributed by atoms with Gasteiger partial charge in [0.15, 0.2) is 0 Å². The van der Waals surface area contributed by atoms with E-state index in [2.05, 4.69) is 11.8 Å². The molecule has 0 amide bonds. The summed E-state index contributed by atoms with van der Waals surface area (Å²) < 4.78 is 5.52. The van der Waals surface area contributed by atoms with Gasteiger partial charge in [-0.05, 0) is 6.42 Å². The topological polar surface area (TPSA) is 38.5 Å². The Labute approximate surface area is 84.2 Å². The van der Waals surface area contributed by atoms with E-state index in [1.54, 1.807) is 0 Å². The molecule has 2 N–H and O–H groups in total. The van der Waals surface area contributed by atoms with Gasteiger partial charge in [-0.1, -0.05) is 19.1 Å². The van der Waals surface area contributed by atoms with Gasteiger partial charge in [0, 0.05) is 25.0 Å². The standard InChI is InChI=1S/C9H16N2OS/c1-6(9(10)13)3-11-4-8-2-7(11)5-12-8/h6-8H,2-5H2,1H3,(H2,10,13). The maximum absolute atomic E-state index is 5.59. The zero-order chi connectivity index (χ0) is 9.42. The second kappa shape index (κ2) is 3.52. The number of hydrogen-bond acceptors (Lipinski definition) is 3. The maximum Gasteiger partial charge on any atom is 0.0768 e. The molecule has 13 heavy (non-hydrogen) atoms. The zero-order valence-electron chi connectivity index (χ0n) is 7.90. The quantitative estimate of drug-likeness (QED) is 0.669. The van der Waals surface area contributed by atoms with Crippen molar-refractivity contribution in [3.8, 4) is 0 Å². The molecule has 74 valence electrons. The summed E-state index contributed by atoms with van der Waals surface area (Å²) in [5.41, 5.74) is 5.59. The Balaban J connectivity index is 1.86. The molecular weight excluding hydrogens is 184 g/mol. The van der Waals surface area contributed by atoms with Gasteiger partial charge in [0.1, 0.15) is 0 Å². The summed E-state index contributed by atoms with van der Waals surface area (Å²) in [5, 5.41) is 0. The molecule has 2 heterocycles. The van der Waals surface area contributed by atoms with Gasteiger partial charge < -0.3 is 10.5 Å². The van der Waals surface area contributed by atoms with E-state index in [0.717, 1.165) is 19.7 Å². The summed E-state index contributed by atoms with van der Waals surface area (Å²) in [6.45, 7) is 5.06. The molecule has 0 aromatic rings. The first-order valence-corrected chi connectivity index (χ1v) is 5.22. The highest BCUT2D eigenvalue weighted by Crippen LogP contribution is 2.28. The van der Waals surface area contributed by atoms with Crippen molar-refractivity contribution in [3.05, 3.63) is 0 Å². The van der Waals surface area contributed by atoms with Gasteiger partial charge in [0.25, 0.3) is 0 Å². The van der Waals surface area contributed by atoms with E-state index in [1.807, 2.05) is 0 Å². The minimum atomic E-state index is 0.328. The van der Waals surface area contributed by atoms with E-state index in [4.69, 9.17) is 22.7 Å². The minimum absolute atomic E-state index is 0.328. The Kier molecular flexibility index (Phi) is 2.53. The van der Waals surface area contributed by atoms with Crippen LogP contribution in [0.1, 0.15) is 13.3 Å². The zero-order valence-corrected chi connectivity index (χ0v) is 8.72. The molecule has 0 aliphatic carbocycles. The van der Waals surface area contributed by atoms with Gasteiger partial charge in [0.2, 0.25) is 0 Å². The van der Waals surface area contributed by atoms with E-state index in [-0.39, 0.29) is 0 Å². The van der Waals surface area contributed by atoms with Crippen molar-refractivity contribution in [1.29, 1.82) is 0 Å². The predicted molar refractivity (Wildman–Crippen MR) is 55.7 cm³/mol. The second-order valence-electron chi connectivity index (χ2n) is 4.10. The lowest BCUT2D eigenvalue weighted by atomic mass is 10.1. The van der Waals surface area contributed by atoms with Crippen LogP contribution in [0.25, 0.3) is 0 Å². The molecule has 0 radical (unpaired) electrons. The van der Waals surface area contributed by atoms with Crippen molar-refractivity contribution >= 4 is 17.2 Å². The monoisotopic (exact) mass is 200 g/mol. The van der Waals surface area contributed by atoms with Gasteiger partial charge in [-0.15, -0.1) is 0 Å². The van der Waals surface area contributed by atoms with Crippen LogP contribution in [0.15, 0.2) is 0 Å². The van der Waals surface area contributed by atoms with Crippen molar-refractivity contribution in [1.82, 2.24) is 4.90 Å². The third-order valence-electron chi connectivity index (χ3n) is 3.01. The normalized spacial score (nSPS) is 35.2. The molecule has 2 bridgehead atoms. The van der Waals surface area contributed by atoms with Crippen LogP contribution >= 0.6 is 12.2 Å². The van der Waals surface area contributed by atoms with Gasteiger partial charge in [-0.2, -0.15) is 0 Å². The van der Waals surface area contributed by atoms with Crippen LogP contribution in [0, 0.1) is 5.92 Å². The fourth-order valence-corrected chi connectivity index (χ4v) is 2.22. The van der Waals surface area contributed by atoms with Crippen molar-refractivity contribution in [2.24, 2.45) is 11.7 Å². The maximum atomic E-state index is 5.59. The van der Waals surface area contributed by atoms with Gasteiger partial charge in [-0.3, -0.25) is 4.90 Å². The SMILES string of the molecule is CC(CN1CC2CC1CO2)C(N)=S. The number of nitrogens with zero attached hydrogens (tertiary/aromatic N) is 1. The summed E-state index contributed by atoms with van der Waals surface area (Å²) in [7, 11) is 0. The van der Waals surface area contributed by atoms with Gasteiger partial charge in [-0.25, -0.2) is 0 Å². The number of rotatable bonds is 3. The Hall–Kier alpha value is -0.190. The smallest absolute Gasteiger partial charge is 0.0768 e. The molecule has 0 spiro atoms. The molecule has 3 nitrogen and oxygen atoms in total. The fraction of sp³-hybridized carbons (Fsp3) is 0.889. The molecule has 2 fully saturated rings. The van der Waals surface area contributed by atoms with Crippen molar-refractivity contribution in [3.63, 3.8) is 0 Å². The molecule has 3 atom stereocenters. The largest absolute Gasteiger partial charge is 0.393 e. The number of likely N-dealkylation sites (tertiary alicyclic amines) is 1. The molecule has 2 saturated heterocycles. The number of morpholine rings is 1. The van der Waals surface area contributed by atoms with E-state index >= 15 is 0 Å². The van der Waals surface area contributed by atoms with Gasteiger partial charge in [0.05, 0.1) is 17.7 Å². The third kappa shape index (κ3) is 1.85. The molecule has 2 aliphatic heterocycles. The number of nitrogens with two attached hydrogens (primary N) is 1. The Morgan fingerprint density at radius 2 is 2.54 bits per heavy atom. The first kappa shape index (κ1) is 9.37. The lowest BCUT2D eigenvalue weighted by Gasteiger charge is -2.28. The molecule has 2 aliphatic rings. The predicted octanol–water partition coefficient (Wildman–Crippen LogP) is 0.382. The van der Waals surface area contributed by atoms with Crippen LogP contribution in [-0.2, 0) is 4.74 Å². The van der Waals surface area contributed by atoms with Crippen LogP contribution in [-0.4, -0.2) is 41.7 Å². The first-order valence-electron chi connectivity index (χ1n) is 4.82. The Morgan fingerprint density at radius 3 is 3.00 bits per heavy atom. The van der Waals surface area contributed by atoms with E-state index in [9.17, 15) is 0 Å². The summed E-state index contributed by atoms with van der Waals surface area (Å²) in [6.07, 6.45) is 1.67. The molecule has 0 aromatic carbocycles. The lowest BCUT2D eigenvalue weighted by Crippen LogP contribution is -2.41. The highest BCUT2D eigenvalue weighted by atomic mass is 32.1. The average molecular weight is 200 g/mol. The van der Waals surface area contributed by atoms with Crippen molar-refractivity contribution < 1.29 is 4.74 Å². The second-order valence-corrected chi connectivity index (χ2v) is 4.57. The van der Waals surface area contributed by atoms with Crippen LogP contribution in [0.3, 0.4) is 0 Å². The molecule has 2 rings (SSSR count). The summed E-state index contributed by atoms with van der Waals surface area (Å²) >= 11 is 4.96.